The predicted molar refractivity (Wildman–Crippen MR) is 130 cm³/mol. The predicted octanol–water partition coefficient (Wildman–Crippen LogP) is 3.22. The molecule has 0 unspecified atom stereocenters. The van der Waals surface area contributed by atoms with Gasteiger partial charge in [-0.2, -0.15) is 0 Å². The van der Waals surface area contributed by atoms with Crippen LogP contribution in [0.2, 0.25) is 0 Å². The summed E-state index contributed by atoms with van der Waals surface area (Å²) in [7, 11) is 1.65. The van der Waals surface area contributed by atoms with Crippen molar-refractivity contribution >= 4 is 17.7 Å². The van der Waals surface area contributed by atoms with Gasteiger partial charge in [-0.3, -0.25) is 9.69 Å². The lowest BCUT2D eigenvalue weighted by molar-refractivity contribution is -0.119. The minimum absolute atomic E-state index is 0.0442. The highest BCUT2D eigenvalue weighted by Crippen LogP contribution is 2.34. The van der Waals surface area contributed by atoms with Gasteiger partial charge in [0.15, 0.2) is 11.0 Å². The minimum atomic E-state index is 0.0442. The van der Waals surface area contributed by atoms with E-state index in [1.54, 1.807) is 7.11 Å². The van der Waals surface area contributed by atoms with Crippen molar-refractivity contribution in [1.29, 1.82) is 0 Å². The first-order valence-electron chi connectivity index (χ1n) is 12.0. The first kappa shape index (κ1) is 24.0. The summed E-state index contributed by atoms with van der Waals surface area (Å²) in [5, 5.41) is 12.7. The van der Waals surface area contributed by atoms with Crippen molar-refractivity contribution in [3.63, 3.8) is 0 Å². The van der Waals surface area contributed by atoms with Gasteiger partial charge in [0.2, 0.25) is 5.91 Å². The summed E-state index contributed by atoms with van der Waals surface area (Å²) >= 11 is 1.43. The normalized spacial score (nSPS) is 18.7. The second-order valence-corrected chi connectivity index (χ2v) is 9.64. The van der Waals surface area contributed by atoms with Crippen molar-refractivity contribution in [2.45, 2.75) is 56.3 Å². The highest BCUT2D eigenvalue weighted by atomic mass is 32.2. The van der Waals surface area contributed by atoms with Crippen LogP contribution in [0.1, 0.15) is 39.0 Å². The summed E-state index contributed by atoms with van der Waals surface area (Å²) in [4.78, 5) is 15.4. The second-order valence-electron chi connectivity index (χ2n) is 8.70. The maximum absolute atomic E-state index is 12.8. The zero-order chi connectivity index (χ0) is 23.1. The van der Waals surface area contributed by atoms with E-state index in [9.17, 15) is 4.79 Å². The third-order valence-electron chi connectivity index (χ3n) is 6.79. The van der Waals surface area contributed by atoms with Crippen molar-refractivity contribution in [3.8, 4) is 17.1 Å². The number of nitrogens with one attached hydrogen (secondary N) is 1. The number of carbonyl (C=O) groups is 1. The van der Waals surface area contributed by atoms with Gasteiger partial charge in [0, 0.05) is 31.7 Å². The first-order chi connectivity index (χ1) is 16.2. The molecule has 1 aliphatic heterocycles. The lowest BCUT2D eigenvalue weighted by Crippen LogP contribution is -2.59. The molecule has 0 atom stereocenters. The number of amides is 1. The lowest BCUT2D eigenvalue weighted by atomic mass is 9.79. The van der Waals surface area contributed by atoms with E-state index in [4.69, 9.17) is 9.47 Å². The van der Waals surface area contributed by atoms with Crippen LogP contribution in [0.15, 0.2) is 29.4 Å². The van der Waals surface area contributed by atoms with Crippen LogP contribution in [0.4, 0.5) is 0 Å². The van der Waals surface area contributed by atoms with E-state index in [1.165, 1.54) is 31.0 Å². The zero-order valence-electron chi connectivity index (χ0n) is 19.7. The topological polar surface area (TPSA) is 81.5 Å². The number of morpholine rings is 1. The standard InChI is InChI=1S/C24H35N5O3S/c1-3-29-22(19-9-5-6-10-20(19)31-2)26-27-23(29)33-17-21(30)25-18-24(11-7-4-8-12-24)28-13-15-32-16-14-28/h5-6,9-10H,3-4,7-8,11-18H2,1-2H3,(H,25,30). The minimum Gasteiger partial charge on any atom is -0.496 e. The number of nitrogens with zero attached hydrogens (tertiary/aromatic N) is 4. The van der Waals surface area contributed by atoms with Gasteiger partial charge in [-0.25, -0.2) is 0 Å². The number of ether oxygens (including phenoxy) is 2. The Kier molecular flexibility index (Phi) is 8.27. The van der Waals surface area contributed by atoms with E-state index in [0.29, 0.717) is 18.8 Å². The molecule has 1 amide bonds. The number of para-hydroxylation sites is 1. The van der Waals surface area contributed by atoms with E-state index in [2.05, 4.69) is 27.3 Å². The molecular weight excluding hydrogens is 438 g/mol. The Hall–Kier alpha value is -2.10. The average Bonchev–Trinajstić information content (AvgIpc) is 3.30. The Morgan fingerprint density at radius 1 is 1.18 bits per heavy atom. The number of hydrogen-bond donors (Lipinski definition) is 1. The molecule has 1 aliphatic carbocycles. The lowest BCUT2D eigenvalue weighted by Gasteiger charge is -2.48. The molecule has 180 valence electrons. The Morgan fingerprint density at radius 3 is 2.67 bits per heavy atom. The second kappa shape index (κ2) is 11.4. The van der Waals surface area contributed by atoms with Crippen LogP contribution in [0.3, 0.4) is 0 Å². The number of benzene rings is 1. The molecule has 9 heteroatoms. The van der Waals surface area contributed by atoms with Crippen molar-refractivity contribution in [1.82, 2.24) is 25.0 Å². The van der Waals surface area contributed by atoms with Gasteiger partial charge in [-0.1, -0.05) is 43.2 Å². The van der Waals surface area contributed by atoms with E-state index < -0.39 is 0 Å². The molecule has 2 heterocycles. The molecule has 4 rings (SSSR count). The fraction of sp³-hybridized carbons (Fsp3) is 0.625. The van der Waals surface area contributed by atoms with Crippen LogP contribution >= 0.6 is 11.8 Å². The molecule has 33 heavy (non-hydrogen) atoms. The van der Waals surface area contributed by atoms with Gasteiger partial charge in [0.05, 0.1) is 31.6 Å². The zero-order valence-corrected chi connectivity index (χ0v) is 20.5. The summed E-state index contributed by atoms with van der Waals surface area (Å²) in [5.74, 6) is 1.88. The Labute approximate surface area is 200 Å². The highest BCUT2D eigenvalue weighted by molar-refractivity contribution is 7.99. The molecule has 2 aromatic rings. The summed E-state index contributed by atoms with van der Waals surface area (Å²) in [5.41, 5.74) is 0.971. The molecule has 0 bridgehead atoms. The highest BCUT2D eigenvalue weighted by Gasteiger charge is 2.38. The summed E-state index contributed by atoms with van der Waals surface area (Å²) in [6.45, 7) is 6.96. The van der Waals surface area contributed by atoms with Gasteiger partial charge in [0.1, 0.15) is 5.75 Å². The monoisotopic (exact) mass is 473 g/mol. The van der Waals surface area contributed by atoms with Crippen molar-refractivity contribution in [3.05, 3.63) is 24.3 Å². The molecule has 2 fully saturated rings. The Morgan fingerprint density at radius 2 is 1.94 bits per heavy atom. The van der Waals surface area contributed by atoms with E-state index >= 15 is 0 Å². The summed E-state index contributed by atoms with van der Waals surface area (Å²) in [6, 6.07) is 7.79. The number of hydrogen-bond acceptors (Lipinski definition) is 7. The number of carbonyl (C=O) groups excluding carboxylic acids is 1. The Bertz CT molecular complexity index is 923. The Balaban J connectivity index is 1.38. The molecule has 1 aromatic carbocycles. The van der Waals surface area contributed by atoms with Gasteiger partial charge >= 0.3 is 0 Å². The van der Waals surface area contributed by atoms with E-state index in [-0.39, 0.29) is 11.4 Å². The molecule has 1 saturated carbocycles. The molecule has 0 radical (unpaired) electrons. The van der Waals surface area contributed by atoms with Crippen LogP contribution < -0.4 is 10.1 Å². The smallest absolute Gasteiger partial charge is 0.230 e. The average molecular weight is 474 g/mol. The van der Waals surface area contributed by atoms with Gasteiger partial charge in [0.25, 0.3) is 0 Å². The SMILES string of the molecule is CCn1c(SCC(=O)NCC2(N3CCOCC3)CCCCC2)nnc1-c1ccccc1OC. The number of thioether (sulfide) groups is 1. The molecule has 1 aromatic heterocycles. The number of methoxy groups -OCH3 is 1. The van der Waals surface area contributed by atoms with Gasteiger partial charge in [-0.05, 0) is 31.9 Å². The van der Waals surface area contributed by atoms with Crippen LogP contribution in [0.5, 0.6) is 5.75 Å². The molecule has 1 saturated heterocycles. The third-order valence-corrected chi connectivity index (χ3v) is 7.76. The fourth-order valence-electron chi connectivity index (χ4n) is 5.01. The quantitative estimate of drug-likeness (QED) is 0.560. The fourth-order valence-corrected chi connectivity index (χ4v) is 5.84. The molecular formula is C24H35N5O3S. The summed E-state index contributed by atoms with van der Waals surface area (Å²) < 4.78 is 13.1. The number of rotatable bonds is 9. The molecule has 2 aliphatic rings. The van der Waals surface area contributed by atoms with Crippen LogP contribution in [0, 0.1) is 0 Å². The largest absolute Gasteiger partial charge is 0.496 e. The molecule has 0 spiro atoms. The molecule has 8 nitrogen and oxygen atoms in total. The molecule has 1 N–H and O–H groups in total. The van der Waals surface area contributed by atoms with Crippen LogP contribution in [-0.4, -0.2) is 76.8 Å². The van der Waals surface area contributed by atoms with Gasteiger partial charge in [-0.15, -0.1) is 10.2 Å². The van der Waals surface area contributed by atoms with Crippen molar-refractivity contribution in [2.75, 3.05) is 45.7 Å². The van der Waals surface area contributed by atoms with Crippen LogP contribution in [0.25, 0.3) is 11.4 Å². The summed E-state index contributed by atoms with van der Waals surface area (Å²) in [6.07, 6.45) is 6.04. The first-order valence-corrected chi connectivity index (χ1v) is 12.9. The van der Waals surface area contributed by atoms with E-state index in [0.717, 1.165) is 61.4 Å². The maximum atomic E-state index is 12.8. The van der Waals surface area contributed by atoms with E-state index in [1.807, 2.05) is 28.8 Å². The maximum Gasteiger partial charge on any atom is 0.230 e. The third kappa shape index (κ3) is 5.53. The van der Waals surface area contributed by atoms with Gasteiger partial charge < -0.3 is 19.4 Å². The van der Waals surface area contributed by atoms with Crippen molar-refractivity contribution < 1.29 is 14.3 Å². The number of aromatic nitrogens is 3. The van der Waals surface area contributed by atoms with Crippen molar-refractivity contribution in [2.24, 2.45) is 0 Å². The van der Waals surface area contributed by atoms with Crippen LogP contribution in [-0.2, 0) is 16.1 Å².